The Balaban J connectivity index is 1.49. The SMILES string of the molecule is Clc1ccc(-c2cc(N[C@@H]3COC[C@H]3N3CCCC3)nc(-c3cccnc3)n2)cc1. The van der Waals surface area contributed by atoms with E-state index in [1.54, 1.807) is 12.4 Å². The van der Waals surface area contributed by atoms with E-state index in [2.05, 4.69) is 15.2 Å². The topological polar surface area (TPSA) is 63.2 Å². The van der Waals surface area contributed by atoms with Gasteiger partial charge in [0.05, 0.1) is 31.0 Å². The lowest BCUT2D eigenvalue weighted by Crippen LogP contribution is -2.45. The van der Waals surface area contributed by atoms with E-state index in [0.29, 0.717) is 23.5 Å². The standard InChI is InChI=1S/C23H24ClN5O/c24-18-7-5-16(6-8-18)19-12-22(28-23(27-19)17-4-3-9-25-13-17)26-20-14-30-15-21(20)29-10-1-2-11-29/h3-9,12-13,20-21H,1-2,10-11,14-15H2,(H,26,27,28)/t20-,21-/m1/s1. The third-order valence-electron chi connectivity index (χ3n) is 5.78. The fourth-order valence-electron chi connectivity index (χ4n) is 4.22. The van der Waals surface area contributed by atoms with Crippen LogP contribution in [0, 0.1) is 0 Å². The molecule has 0 saturated carbocycles. The van der Waals surface area contributed by atoms with Gasteiger partial charge in [0.2, 0.25) is 0 Å². The summed E-state index contributed by atoms with van der Waals surface area (Å²) in [6, 6.07) is 14.2. The van der Waals surface area contributed by atoms with Crippen LogP contribution in [-0.4, -0.2) is 58.2 Å². The van der Waals surface area contributed by atoms with Gasteiger partial charge in [-0.15, -0.1) is 0 Å². The summed E-state index contributed by atoms with van der Waals surface area (Å²) in [4.78, 5) is 16.4. The summed E-state index contributed by atoms with van der Waals surface area (Å²) >= 11 is 6.08. The Bertz CT molecular complexity index is 992. The molecule has 4 heterocycles. The highest BCUT2D eigenvalue weighted by atomic mass is 35.5. The van der Waals surface area contributed by atoms with Gasteiger partial charge < -0.3 is 10.1 Å². The number of benzene rings is 1. The summed E-state index contributed by atoms with van der Waals surface area (Å²) in [5.74, 6) is 1.45. The number of rotatable bonds is 5. The lowest BCUT2D eigenvalue weighted by molar-refractivity contribution is 0.159. The minimum absolute atomic E-state index is 0.206. The van der Waals surface area contributed by atoms with Crippen molar-refractivity contribution >= 4 is 17.4 Å². The van der Waals surface area contributed by atoms with Crippen LogP contribution in [0.25, 0.3) is 22.6 Å². The Kier molecular flexibility index (Phi) is 5.62. The van der Waals surface area contributed by atoms with Crippen LogP contribution in [0.5, 0.6) is 0 Å². The van der Waals surface area contributed by atoms with Gasteiger partial charge in [0, 0.05) is 34.6 Å². The van der Waals surface area contributed by atoms with Crippen LogP contribution < -0.4 is 5.32 Å². The molecule has 5 rings (SSSR count). The molecule has 3 aromatic rings. The molecule has 2 atom stereocenters. The number of likely N-dealkylation sites (tertiary alicyclic amines) is 1. The quantitative estimate of drug-likeness (QED) is 0.668. The van der Waals surface area contributed by atoms with Crippen LogP contribution in [0.2, 0.25) is 5.02 Å². The first-order chi connectivity index (χ1) is 14.8. The van der Waals surface area contributed by atoms with Gasteiger partial charge in [-0.05, 0) is 50.2 Å². The van der Waals surface area contributed by atoms with Gasteiger partial charge in [-0.25, -0.2) is 9.97 Å². The van der Waals surface area contributed by atoms with Crippen molar-refractivity contribution in [3.63, 3.8) is 0 Å². The molecule has 0 spiro atoms. The Labute approximate surface area is 181 Å². The lowest BCUT2D eigenvalue weighted by Gasteiger charge is -2.28. The minimum Gasteiger partial charge on any atom is -0.378 e. The number of halogens is 1. The van der Waals surface area contributed by atoms with E-state index >= 15 is 0 Å². The monoisotopic (exact) mass is 421 g/mol. The fraction of sp³-hybridized carbons (Fsp3) is 0.348. The third-order valence-corrected chi connectivity index (χ3v) is 6.03. The second-order valence-corrected chi connectivity index (χ2v) is 8.25. The van der Waals surface area contributed by atoms with Crippen LogP contribution in [0.3, 0.4) is 0 Å². The summed E-state index contributed by atoms with van der Waals surface area (Å²) in [5.41, 5.74) is 2.73. The zero-order valence-corrected chi connectivity index (χ0v) is 17.4. The highest BCUT2D eigenvalue weighted by molar-refractivity contribution is 6.30. The smallest absolute Gasteiger partial charge is 0.163 e. The predicted molar refractivity (Wildman–Crippen MR) is 119 cm³/mol. The van der Waals surface area contributed by atoms with Gasteiger partial charge in [-0.1, -0.05) is 23.7 Å². The molecular weight excluding hydrogens is 398 g/mol. The summed E-state index contributed by atoms with van der Waals surface area (Å²) in [7, 11) is 0. The molecule has 2 aliphatic rings. The van der Waals surface area contributed by atoms with Crippen molar-refractivity contribution in [1.82, 2.24) is 19.9 Å². The Morgan fingerprint density at radius 1 is 1.00 bits per heavy atom. The highest BCUT2D eigenvalue weighted by Crippen LogP contribution is 2.27. The van der Waals surface area contributed by atoms with Crippen LogP contribution in [0.4, 0.5) is 5.82 Å². The third kappa shape index (κ3) is 4.17. The van der Waals surface area contributed by atoms with E-state index in [0.717, 1.165) is 42.3 Å². The van der Waals surface area contributed by atoms with E-state index in [4.69, 9.17) is 26.3 Å². The van der Waals surface area contributed by atoms with Crippen molar-refractivity contribution in [1.29, 1.82) is 0 Å². The molecule has 30 heavy (non-hydrogen) atoms. The van der Waals surface area contributed by atoms with Crippen molar-refractivity contribution in [2.75, 3.05) is 31.6 Å². The van der Waals surface area contributed by atoms with E-state index in [9.17, 15) is 0 Å². The molecule has 154 valence electrons. The van der Waals surface area contributed by atoms with E-state index in [1.807, 2.05) is 42.5 Å². The average molecular weight is 422 g/mol. The van der Waals surface area contributed by atoms with Gasteiger partial charge >= 0.3 is 0 Å². The first-order valence-corrected chi connectivity index (χ1v) is 10.8. The molecule has 0 radical (unpaired) electrons. The number of hydrogen-bond donors (Lipinski definition) is 1. The maximum atomic E-state index is 6.08. The zero-order valence-electron chi connectivity index (χ0n) is 16.7. The molecule has 0 amide bonds. The van der Waals surface area contributed by atoms with Gasteiger partial charge in [0.15, 0.2) is 5.82 Å². The fourth-order valence-corrected chi connectivity index (χ4v) is 4.34. The van der Waals surface area contributed by atoms with Gasteiger partial charge in [0.1, 0.15) is 5.82 Å². The molecule has 0 unspecified atom stereocenters. The Morgan fingerprint density at radius 3 is 2.60 bits per heavy atom. The average Bonchev–Trinajstić information content (AvgIpc) is 3.46. The molecule has 7 heteroatoms. The van der Waals surface area contributed by atoms with Crippen molar-refractivity contribution in [3.8, 4) is 22.6 Å². The zero-order chi connectivity index (χ0) is 20.3. The van der Waals surface area contributed by atoms with Crippen LogP contribution >= 0.6 is 11.6 Å². The molecule has 2 saturated heterocycles. The van der Waals surface area contributed by atoms with Crippen molar-refractivity contribution < 1.29 is 4.74 Å². The molecule has 2 fully saturated rings. The second kappa shape index (κ2) is 8.68. The van der Waals surface area contributed by atoms with E-state index in [-0.39, 0.29) is 6.04 Å². The number of nitrogens with one attached hydrogen (secondary N) is 1. The van der Waals surface area contributed by atoms with Crippen LogP contribution in [0.15, 0.2) is 54.9 Å². The first-order valence-electron chi connectivity index (χ1n) is 10.4. The maximum absolute atomic E-state index is 6.08. The number of nitrogens with zero attached hydrogens (tertiary/aromatic N) is 4. The summed E-state index contributed by atoms with van der Waals surface area (Å²) in [5, 5.41) is 4.34. The molecule has 2 aliphatic heterocycles. The number of pyridine rings is 1. The van der Waals surface area contributed by atoms with Crippen molar-refractivity contribution in [2.45, 2.75) is 24.9 Å². The number of anilines is 1. The Morgan fingerprint density at radius 2 is 1.83 bits per heavy atom. The molecule has 2 aromatic heterocycles. The lowest BCUT2D eigenvalue weighted by atomic mass is 10.1. The normalized spacial score (nSPS) is 21.8. The Hall–Kier alpha value is -2.54. The summed E-state index contributed by atoms with van der Waals surface area (Å²) < 4.78 is 5.83. The highest BCUT2D eigenvalue weighted by Gasteiger charge is 2.34. The van der Waals surface area contributed by atoms with Gasteiger partial charge in [0.25, 0.3) is 0 Å². The van der Waals surface area contributed by atoms with Gasteiger partial charge in [-0.2, -0.15) is 0 Å². The van der Waals surface area contributed by atoms with Gasteiger partial charge in [-0.3, -0.25) is 9.88 Å². The predicted octanol–water partition coefficient (Wildman–Crippen LogP) is 4.13. The van der Waals surface area contributed by atoms with E-state index < -0.39 is 0 Å². The number of ether oxygens (including phenoxy) is 1. The number of aromatic nitrogens is 3. The van der Waals surface area contributed by atoms with Crippen molar-refractivity contribution in [3.05, 3.63) is 59.9 Å². The minimum atomic E-state index is 0.206. The van der Waals surface area contributed by atoms with Crippen LogP contribution in [0.1, 0.15) is 12.8 Å². The number of hydrogen-bond acceptors (Lipinski definition) is 6. The van der Waals surface area contributed by atoms with Crippen molar-refractivity contribution in [2.24, 2.45) is 0 Å². The van der Waals surface area contributed by atoms with E-state index in [1.165, 1.54) is 12.8 Å². The van der Waals surface area contributed by atoms with Crippen LogP contribution in [-0.2, 0) is 4.74 Å². The molecule has 6 nitrogen and oxygen atoms in total. The summed E-state index contributed by atoms with van der Waals surface area (Å²) in [6.45, 7) is 3.74. The molecule has 0 bridgehead atoms. The molecule has 1 N–H and O–H groups in total. The second-order valence-electron chi connectivity index (χ2n) is 7.81. The molecule has 1 aromatic carbocycles. The molecule has 0 aliphatic carbocycles. The molecular formula is C23H24ClN5O. The largest absolute Gasteiger partial charge is 0.378 e. The first kappa shape index (κ1) is 19.4. The maximum Gasteiger partial charge on any atom is 0.163 e. The summed E-state index contributed by atoms with van der Waals surface area (Å²) in [6.07, 6.45) is 6.07.